The Bertz CT molecular complexity index is 344. The predicted octanol–water partition coefficient (Wildman–Crippen LogP) is 2.27. The summed E-state index contributed by atoms with van der Waals surface area (Å²) in [6.07, 6.45) is 2.05. The maximum atomic E-state index is 11.3. The van der Waals surface area contributed by atoms with Crippen molar-refractivity contribution in [3.63, 3.8) is 0 Å². The lowest BCUT2D eigenvalue weighted by atomic mass is 10.2. The first-order valence-electron chi connectivity index (χ1n) is 4.94. The number of esters is 1. The smallest absolute Gasteiger partial charge is 0.311 e. The van der Waals surface area contributed by atoms with Crippen molar-refractivity contribution in [2.45, 2.75) is 26.2 Å². The van der Waals surface area contributed by atoms with E-state index in [0.717, 1.165) is 11.8 Å². The molecule has 1 aromatic rings. The van der Waals surface area contributed by atoms with Gasteiger partial charge in [0.25, 0.3) is 0 Å². The highest BCUT2D eigenvalue weighted by molar-refractivity contribution is 5.73. The van der Waals surface area contributed by atoms with Crippen molar-refractivity contribution >= 4 is 12.3 Å². The van der Waals surface area contributed by atoms with E-state index in [-0.39, 0.29) is 12.4 Å². The van der Waals surface area contributed by atoms with E-state index in [1.54, 1.807) is 6.07 Å². The Morgan fingerprint density at radius 2 is 2.13 bits per heavy atom. The summed E-state index contributed by atoms with van der Waals surface area (Å²) >= 11 is 0. The van der Waals surface area contributed by atoms with Gasteiger partial charge in [-0.15, -0.1) is 0 Å². The first-order valence-corrected chi connectivity index (χ1v) is 4.94. The van der Waals surface area contributed by atoms with Crippen molar-refractivity contribution in [3.8, 4) is 5.75 Å². The van der Waals surface area contributed by atoms with Crippen molar-refractivity contribution in [2.24, 2.45) is 0 Å². The fourth-order valence-corrected chi connectivity index (χ4v) is 1.17. The number of benzene rings is 1. The number of carbonyl (C=O) groups excluding carboxylic acids is 2. The molecule has 0 heterocycles. The highest BCUT2D eigenvalue weighted by Crippen LogP contribution is 2.16. The lowest BCUT2D eigenvalue weighted by molar-refractivity contribution is -0.134. The van der Waals surface area contributed by atoms with E-state index in [2.05, 4.69) is 0 Å². The maximum absolute atomic E-state index is 11.3. The molecule has 0 aliphatic heterocycles. The first-order chi connectivity index (χ1) is 7.24. The van der Waals surface area contributed by atoms with Crippen LogP contribution in [-0.4, -0.2) is 12.3 Å². The van der Waals surface area contributed by atoms with E-state index >= 15 is 0 Å². The number of rotatable bonds is 5. The SMILES string of the molecule is Cc1ccccc1OC(=O)CCCC=O. The summed E-state index contributed by atoms with van der Waals surface area (Å²) in [6.45, 7) is 1.88. The van der Waals surface area contributed by atoms with Crippen LogP contribution in [0.25, 0.3) is 0 Å². The van der Waals surface area contributed by atoms with Crippen LogP contribution in [-0.2, 0) is 9.59 Å². The lowest BCUT2D eigenvalue weighted by Gasteiger charge is -2.05. The maximum Gasteiger partial charge on any atom is 0.311 e. The van der Waals surface area contributed by atoms with Gasteiger partial charge in [0, 0.05) is 12.8 Å². The monoisotopic (exact) mass is 206 g/mol. The second kappa shape index (κ2) is 5.96. The molecule has 0 N–H and O–H groups in total. The van der Waals surface area contributed by atoms with E-state index in [0.29, 0.717) is 18.6 Å². The van der Waals surface area contributed by atoms with Gasteiger partial charge in [0.2, 0.25) is 0 Å². The molecule has 80 valence electrons. The van der Waals surface area contributed by atoms with Gasteiger partial charge in [-0.2, -0.15) is 0 Å². The molecule has 0 bridgehead atoms. The zero-order chi connectivity index (χ0) is 11.1. The van der Waals surface area contributed by atoms with Crippen molar-refractivity contribution in [1.29, 1.82) is 0 Å². The highest BCUT2D eigenvalue weighted by Gasteiger charge is 2.05. The first kappa shape index (κ1) is 11.4. The van der Waals surface area contributed by atoms with Crippen LogP contribution < -0.4 is 4.74 Å². The summed E-state index contributed by atoms with van der Waals surface area (Å²) in [4.78, 5) is 21.3. The average Bonchev–Trinajstić information content (AvgIpc) is 2.22. The van der Waals surface area contributed by atoms with Crippen LogP contribution in [0.2, 0.25) is 0 Å². The number of hydrogen-bond acceptors (Lipinski definition) is 3. The molecular formula is C12H14O3. The van der Waals surface area contributed by atoms with Crippen molar-refractivity contribution in [3.05, 3.63) is 29.8 Å². The van der Waals surface area contributed by atoms with Crippen molar-refractivity contribution < 1.29 is 14.3 Å². The summed E-state index contributed by atoms with van der Waals surface area (Å²) in [7, 11) is 0. The third-order valence-electron chi connectivity index (χ3n) is 2.02. The van der Waals surface area contributed by atoms with Crippen LogP contribution in [0.15, 0.2) is 24.3 Å². The number of hydrogen-bond donors (Lipinski definition) is 0. The van der Waals surface area contributed by atoms with Gasteiger partial charge in [-0.3, -0.25) is 4.79 Å². The van der Waals surface area contributed by atoms with Gasteiger partial charge >= 0.3 is 5.97 Å². The number of ether oxygens (including phenoxy) is 1. The van der Waals surface area contributed by atoms with E-state index in [4.69, 9.17) is 4.74 Å². The molecule has 1 rings (SSSR count). The Hall–Kier alpha value is -1.64. The Kier molecular flexibility index (Phi) is 4.54. The second-order valence-corrected chi connectivity index (χ2v) is 3.30. The van der Waals surface area contributed by atoms with E-state index in [1.807, 2.05) is 25.1 Å². The highest BCUT2D eigenvalue weighted by atomic mass is 16.5. The minimum absolute atomic E-state index is 0.285. The summed E-state index contributed by atoms with van der Waals surface area (Å²) in [5.41, 5.74) is 0.932. The van der Waals surface area contributed by atoms with Gasteiger partial charge in [0.1, 0.15) is 12.0 Å². The Morgan fingerprint density at radius 1 is 1.40 bits per heavy atom. The van der Waals surface area contributed by atoms with E-state index < -0.39 is 0 Å². The Balaban J connectivity index is 2.44. The number of aryl methyl sites for hydroxylation is 1. The summed E-state index contributed by atoms with van der Waals surface area (Å²) < 4.78 is 5.14. The zero-order valence-corrected chi connectivity index (χ0v) is 8.73. The molecule has 3 nitrogen and oxygen atoms in total. The summed E-state index contributed by atoms with van der Waals surface area (Å²) in [5.74, 6) is 0.305. The minimum atomic E-state index is -0.286. The van der Waals surface area contributed by atoms with Gasteiger partial charge in [-0.05, 0) is 25.0 Å². The molecule has 3 heteroatoms. The van der Waals surface area contributed by atoms with E-state index in [1.165, 1.54) is 0 Å². The molecule has 0 amide bonds. The van der Waals surface area contributed by atoms with Gasteiger partial charge in [0.05, 0.1) is 0 Å². The predicted molar refractivity (Wildman–Crippen MR) is 56.7 cm³/mol. The summed E-state index contributed by atoms with van der Waals surface area (Å²) in [5, 5.41) is 0. The molecule has 0 radical (unpaired) electrons. The average molecular weight is 206 g/mol. The molecular weight excluding hydrogens is 192 g/mol. The normalized spacial score (nSPS) is 9.67. The molecule has 0 aliphatic carbocycles. The Morgan fingerprint density at radius 3 is 2.80 bits per heavy atom. The van der Waals surface area contributed by atoms with Crippen LogP contribution in [0, 0.1) is 6.92 Å². The molecule has 0 spiro atoms. The topological polar surface area (TPSA) is 43.4 Å². The molecule has 0 saturated carbocycles. The number of aldehydes is 1. The molecule has 0 atom stereocenters. The van der Waals surface area contributed by atoms with Gasteiger partial charge in [-0.25, -0.2) is 0 Å². The molecule has 0 aliphatic rings. The molecule has 0 aromatic heterocycles. The van der Waals surface area contributed by atoms with Crippen LogP contribution in [0.3, 0.4) is 0 Å². The fourth-order valence-electron chi connectivity index (χ4n) is 1.17. The summed E-state index contributed by atoms with van der Waals surface area (Å²) in [6, 6.07) is 7.35. The molecule has 0 unspecified atom stereocenters. The third kappa shape index (κ3) is 3.94. The van der Waals surface area contributed by atoms with Crippen LogP contribution >= 0.6 is 0 Å². The Labute approximate surface area is 89.1 Å². The molecule has 0 fully saturated rings. The van der Waals surface area contributed by atoms with Crippen LogP contribution in [0.1, 0.15) is 24.8 Å². The molecule has 0 saturated heterocycles. The number of unbranched alkanes of at least 4 members (excludes halogenated alkanes) is 1. The van der Waals surface area contributed by atoms with Crippen LogP contribution in [0.4, 0.5) is 0 Å². The lowest BCUT2D eigenvalue weighted by Crippen LogP contribution is -2.08. The molecule has 15 heavy (non-hydrogen) atoms. The van der Waals surface area contributed by atoms with Crippen LogP contribution in [0.5, 0.6) is 5.75 Å². The zero-order valence-electron chi connectivity index (χ0n) is 8.73. The van der Waals surface area contributed by atoms with Gasteiger partial charge in [0.15, 0.2) is 0 Å². The largest absolute Gasteiger partial charge is 0.426 e. The number of para-hydroxylation sites is 1. The van der Waals surface area contributed by atoms with Gasteiger partial charge in [-0.1, -0.05) is 18.2 Å². The van der Waals surface area contributed by atoms with E-state index in [9.17, 15) is 9.59 Å². The number of carbonyl (C=O) groups is 2. The van der Waals surface area contributed by atoms with Crippen molar-refractivity contribution in [2.75, 3.05) is 0 Å². The minimum Gasteiger partial charge on any atom is -0.426 e. The quantitative estimate of drug-likeness (QED) is 0.321. The molecule has 1 aromatic carbocycles. The van der Waals surface area contributed by atoms with Gasteiger partial charge < -0.3 is 9.53 Å². The second-order valence-electron chi connectivity index (χ2n) is 3.30. The fraction of sp³-hybridized carbons (Fsp3) is 0.333. The standard InChI is InChI=1S/C12H14O3/c1-10-6-2-3-7-11(10)15-12(14)8-4-5-9-13/h2-3,6-7,9H,4-5,8H2,1H3. The van der Waals surface area contributed by atoms with Crippen molar-refractivity contribution in [1.82, 2.24) is 0 Å². The third-order valence-corrected chi connectivity index (χ3v) is 2.02.